The topological polar surface area (TPSA) is 75.4 Å². The van der Waals surface area contributed by atoms with Crippen LogP contribution < -0.4 is 0 Å². The van der Waals surface area contributed by atoms with E-state index >= 15 is 4.39 Å². The van der Waals surface area contributed by atoms with E-state index in [1.54, 1.807) is 29.9 Å². The maximum Gasteiger partial charge on any atom is 0.218 e. The highest BCUT2D eigenvalue weighted by molar-refractivity contribution is 7.88. The lowest BCUT2D eigenvalue weighted by Crippen LogP contribution is -2.62. The third-order valence-electron chi connectivity index (χ3n) is 10.1. The van der Waals surface area contributed by atoms with Gasteiger partial charge in [0.05, 0.1) is 36.1 Å². The van der Waals surface area contributed by atoms with Gasteiger partial charge in [0.2, 0.25) is 10.0 Å². The van der Waals surface area contributed by atoms with Crippen LogP contribution in [-0.4, -0.2) is 46.6 Å². The first-order chi connectivity index (χ1) is 18.3. The molecule has 0 amide bonds. The molecular weight excluding hydrogens is 501 g/mol. The largest absolute Gasteiger partial charge is 0.392 e. The Kier molecular flexibility index (Phi) is 5.63. The highest BCUT2D eigenvalue weighted by Crippen LogP contribution is 2.63. The van der Waals surface area contributed by atoms with Crippen molar-refractivity contribution < 1.29 is 17.9 Å². The molecule has 4 atom stereocenters. The molecule has 4 aliphatic carbocycles. The Labute approximate surface area is 223 Å². The molecule has 0 radical (unpaired) electrons. The van der Waals surface area contributed by atoms with Crippen LogP contribution in [-0.2, 0) is 15.8 Å². The summed E-state index contributed by atoms with van der Waals surface area (Å²) in [6.07, 6.45) is 8.03. The Bertz CT molecular complexity index is 1460. The van der Waals surface area contributed by atoms with Crippen molar-refractivity contribution in [3.8, 4) is 11.3 Å². The zero-order chi connectivity index (χ0) is 26.2. The van der Waals surface area contributed by atoms with Crippen LogP contribution in [0.1, 0.15) is 55.7 Å². The maximum absolute atomic E-state index is 15.0. The average Bonchev–Trinajstić information content (AvgIpc) is 3.47. The van der Waals surface area contributed by atoms with Gasteiger partial charge >= 0.3 is 0 Å². The zero-order valence-corrected chi connectivity index (χ0v) is 22.4. The number of nitrogens with zero attached hydrogens (tertiary/aromatic N) is 3. The fourth-order valence-corrected chi connectivity index (χ4v) is 10.4. The monoisotopic (exact) mass is 535 g/mol. The van der Waals surface area contributed by atoms with Gasteiger partial charge in [-0.2, -0.15) is 0 Å². The number of fused-ring (bicyclic) bond motifs is 3. The molecule has 8 heteroatoms. The van der Waals surface area contributed by atoms with Crippen molar-refractivity contribution in [2.24, 2.45) is 23.2 Å². The predicted molar refractivity (Wildman–Crippen MR) is 143 cm³/mol. The molecule has 1 N–H and O–H groups in total. The van der Waals surface area contributed by atoms with Crippen LogP contribution in [0, 0.1) is 29.0 Å². The molecular formula is C30H34FN3O3S. The lowest BCUT2D eigenvalue weighted by Gasteiger charge is -2.62. The van der Waals surface area contributed by atoms with Gasteiger partial charge in [0, 0.05) is 24.2 Å². The maximum atomic E-state index is 15.0. The summed E-state index contributed by atoms with van der Waals surface area (Å²) >= 11 is 0. The smallest absolute Gasteiger partial charge is 0.218 e. The van der Waals surface area contributed by atoms with Crippen molar-refractivity contribution in [3.63, 3.8) is 0 Å². The number of rotatable bonds is 7. The number of hydrogen-bond acceptors (Lipinski definition) is 4. The van der Waals surface area contributed by atoms with Gasteiger partial charge in [0.25, 0.3) is 0 Å². The second-order valence-electron chi connectivity index (χ2n) is 12.2. The summed E-state index contributed by atoms with van der Waals surface area (Å²) in [5.41, 5.74) is 2.96. The van der Waals surface area contributed by atoms with E-state index in [9.17, 15) is 13.5 Å². The number of halogens is 1. The summed E-state index contributed by atoms with van der Waals surface area (Å²) in [5.74, 6) is 0.766. The van der Waals surface area contributed by atoms with Crippen molar-refractivity contribution in [2.75, 3.05) is 7.05 Å². The zero-order valence-electron chi connectivity index (χ0n) is 21.6. The van der Waals surface area contributed by atoms with E-state index in [2.05, 4.69) is 4.98 Å². The summed E-state index contributed by atoms with van der Waals surface area (Å²) in [4.78, 5) is 4.30. The van der Waals surface area contributed by atoms with Crippen LogP contribution in [0.3, 0.4) is 0 Å². The Morgan fingerprint density at radius 3 is 2.58 bits per heavy atom. The molecule has 200 valence electrons. The van der Waals surface area contributed by atoms with Gasteiger partial charge in [-0.15, -0.1) is 0 Å². The first-order valence-corrected chi connectivity index (χ1v) is 15.3. The molecule has 2 aromatic carbocycles. The Balaban J connectivity index is 1.13. The van der Waals surface area contributed by atoms with Crippen molar-refractivity contribution in [1.29, 1.82) is 0 Å². The predicted octanol–water partition coefficient (Wildman–Crippen LogP) is 5.00. The van der Waals surface area contributed by atoms with Gasteiger partial charge in [-0.05, 0) is 73.3 Å². The van der Waals surface area contributed by atoms with Gasteiger partial charge in [0.15, 0.2) is 0 Å². The molecule has 8 rings (SSSR count). The Morgan fingerprint density at radius 2 is 1.84 bits per heavy atom. The molecule has 4 fully saturated rings. The minimum absolute atomic E-state index is 0.0113. The van der Waals surface area contributed by atoms with E-state index in [0.717, 1.165) is 48.9 Å². The molecule has 0 saturated heterocycles. The third kappa shape index (κ3) is 3.71. The Morgan fingerprint density at radius 1 is 1.11 bits per heavy atom. The summed E-state index contributed by atoms with van der Waals surface area (Å²) < 4.78 is 45.6. The fraction of sp³-hybridized carbons (Fsp3) is 0.500. The number of hydrogen-bond donors (Lipinski definition) is 1. The standard InChI is InChI=1S/C30H34FN3O3S/c1-33(38(36,37)17-19-6-3-2-4-7-19)29-21-10-20-11-22(29)15-30(13-20,14-21)27(35)12-25-28-23(8-5-9-24(28)31)26-16-32-18-34(25)26/h2-9,16,18,20-22,25,27,29,35H,10-15,17H2,1H3. The van der Waals surface area contributed by atoms with Crippen molar-refractivity contribution in [1.82, 2.24) is 13.9 Å². The normalized spacial score (nSPS) is 31.9. The second kappa shape index (κ2) is 8.73. The van der Waals surface area contributed by atoms with E-state index in [0.29, 0.717) is 17.9 Å². The van der Waals surface area contributed by atoms with Gasteiger partial charge in [-0.1, -0.05) is 42.5 Å². The first-order valence-electron chi connectivity index (χ1n) is 13.7. The molecule has 4 unspecified atom stereocenters. The number of aliphatic hydroxyl groups is 1. The molecule has 6 nitrogen and oxygen atoms in total. The van der Waals surface area contributed by atoms with E-state index in [1.807, 2.05) is 41.0 Å². The minimum atomic E-state index is -3.46. The Hall–Kier alpha value is -2.55. The molecule has 4 saturated carbocycles. The molecule has 5 aliphatic rings. The molecule has 1 aliphatic heterocycles. The number of aliphatic hydroxyl groups excluding tert-OH is 1. The van der Waals surface area contributed by atoms with Crippen LogP contribution in [0.2, 0.25) is 0 Å². The van der Waals surface area contributed by atoms with Crippen molar-refractivity contribution in [3.05, 3.63) is 78.0 Å². The number of imidazole rings is 1. The minimum Gasteiger partial charge on any atom is -0.392 e. The van der Waals surface area contributed by atoms with Crippen LogP contribution in [0.25, 0.3) is 11.3 Å². The fourth-order valence-electron chi connectivity index (χ4n) is 8.83. The van der Waals surface area contributed by atoms with Gasteiger partial charge in [-0.25, -0.2) is 22.1 Å². The quantitative estimate of drug-likeness (QED) is 0.462. The van der Waals surface area contributed by atoms with E-state index in [4.69, 9.17) is 0 Å². The number of benzene rings is 2. The van der Waals surface area contributed by atoms with Crippen LogP contribution in [0.4, 0.5) is 4.39 Å². The molecule has 38 heavy (non-hydrogen) atoms. The number of aromatic nitrogens is 2. The first kappa shape index (κ1) is 24.5. The molecule has 3 aromatic rings. The summed E-state index contributed by atoms with van der Waals surface area (Å²) in [7, 11) is -1.71. The van der Waals surface area contributed by atoms with E-state index in [1.165, 1.54) is 6.07 Å². The van der Waals surface area contributed by atoms with E-state index in [-0.39, 0.29) is 40.9 Å². The highest BCUT2D eigenvalue weighted by atomic mass is 32.2. The molecule has 4 bridgehead atoms. The molecule has 1 aromatic heterocycles. The lowest BCUT2D eigenvalue weighted by molar-refractivity contribution is -0.146. The third-order valence-corrected chi connectivity index (χ3v) is 12.0. The summed E-state index contributed by atoms with van der Waals surface area (Å²) in [6, 6.07) is 14.2. The van der Waals surface area contributed by atoms with Crippen LogP contribution >= 0.6 is 0 Å². The average molecular weight is 536 g/mol. The second-order valence-corrected chi connectivity index (χ2v) is 14.3. The SMILES string of the molecule is CN(C1C2CC3CC1CC(C(O)CC1c4c(F)cccc4-c4cncn41)(C3)C2)S(=O)(=O)Cc1ccccc1. The van der Waals surface area contributed by atoms with Gasteiger partial charge < -0.3 is 9.67 Å². The highest BCUT2D eigenvalue weighted by Gasteiger charge is 2.59. The van der Waals surface area contributed by atoms with Crippen molar-refractivity contribution >= 4 is 10.0 Å². The van der Waals surface area contributed by atoms with Crippen molar-refractivity contribution in [2.45, 2.75) is 62.5 Å². The summed E-state index contributed by atoms with van der Waals surface area (Å²) in [6.45, 7) is 0. The summed E-state index contributed by atoms with van der Waals surface area (Å²) in [5, 5.41) is 11.8. The molecule has 0 spiro atoms. The van der Waals surface area contributed by atoms with Gasteiger partial charge in [-0.3, -0.25) is 0 Å². The van der Waals surface area contributed by atoms with E-state index < -0.39 is 16.1 Å². The van der Waals surface area contributed by atoms with Crippen LogP contribution in [0.15, 0.2) is 61.1 Å². The number of sulfonamides is 1. The lowest BCUT2D eigenvalue weighted by atomic mass is 9.46. The molecule has 2 heterocycles. The van der Waals surface area contributed by atoms with Crippen LogP contribution in [0.5, 0.6) is 0 Å². The van der Waals surface area contributed by atoms with Gasteiger partial charge in [0.1, 0.15) is 5.82 Å².